The van der Waals surface area contributed by atoms with Crippen molar-refractivity contribution < 1.29 is 4.92 Å². The highest BCUT2D eigenvalue weighted by molar-refractivity contribution is 9.10. The molecule has 106 valence electrons. The van der Waals surface area contributed by atoms with Gasteiger partial charge in [-0.05, 0) is 33.6 Å². The Morgan fingerprint density at radius 2 is 2.20 bits per heavy atom. The maximum atomic E-state index is 11.2. The summed E-state index contributed by atoms with van der Waals surface area (Å²) in [6, 6.07) is 7.11. The second-order valence-electron chi connectivity index (χ2n) is 4.30. The Kier molecular flexibility index (Phi) is 5.01. The van der Waals surface area contributed by atoms with Crippen LogP contribution in [0.3, 0.4) is 0 Å². The monoisotopic (exact) mass is 374 g/mol. The highest BCUT2D eigenvalue weighted by atomic mass is 79.9. The average Bonchev–Trinajstić information content (AvgIpc) is 2.83. The molecule has 0 aliphatic carbocycles. The van der Waals surface area contributed by atoms with Crippen LogP contribution < -0.4 is 4.90 Å². The topological polar surface area (TPSA) is 46.4 Å². The summed E-state index contributed by atoms with van der Waals surface area (Å²) in [5, 5.41) is 13.2. The fourth-order valence-electron chi connectivity index (χ4n) is 1.88. The molecule has 1 heterocycles. The quantitative estimate of drug-likeness (QED) is 0.428. The minimum absolute atomic E-state index is 0.0845. The van der Waals surface area contributed by atoms with Crippen molar-refractivity contribution in [3.63, 3.8) is 0 Å². The van der Waals surface area contributed by atoms with E-state index < -0.39 is 0 Å². The fourth-order valence-corrected chi connectivity index (χ4v) is 3.55. The molecule has 20 heavy (non-hydrogen) atoms. The van der Waals surface area contributed by atoms with Gasteiger partial charge in [0.2, 0.25) is 0 Å². The summed E-state index contributed by atoms with van der Waals surface area (Å²) in [4.78, 5) is 13.8. The number of anilines is 1. The number of nitrogens with zero attached hydrogens (tertiary/aromatic N) is 2. The Bertz CT molecular complexity index is 633. The van der Waals surface area contributed by atoms with E-state index >= 15 is 0 Å². The second-order valence-corrected chi connectivity index (χ2v) is 6.48. The van der Waals surface area contributed by atoms with Crippen LogP contribution in [0.25, 0.3) is 0 Å². The summed E-state index contributed by atoms with van der Waals surface area (Å²) in [6.07, 6.45) is 0. The molecule has 1 aromatic heterocycles. The zero-order chi connectivity index (χ0) is 14.7. The van der Waals surface area contributed by atoms with E-state index in [1.54, 1.807) is 17.4 Å². The number of alkyl halides is 1. The Morgan fingerprint density at radius 3 is 2.75 bits per heavy atom. The zero-order valence-corrected chi connectivity index (χ0v) is 13.8. The second kappa shape index (κ2) is 6.56. The zero-order valence-electron chi connectivity index (χ0n) is 10.7. The number of benzene rings is 1. The van der Waals surface area contributed by atoms with Gasteiger partial charge in [0.05, 0.1) is 11.5 Å². The van der Waals surface area contributed by atoms with Crippen LogP contribution in [0.1, 0.15) is 10.4 Å². The van der Waals surface area contributed by atoms with E-state index in [9.17, 15) is 10.1 Å². The number of nitro groups is 1. The van der Waals surface area contributed by atoms with Crippen molar-refractivity contribution in [3.05, 3.63) is 54.7 Å². The number of hydrogen-bond donors (Lipinski definition) is 0. The molecular weight excluding hydrogens is 364 g/mol. The molecule has 0 amide bonds. The van der Waals surface area contributed by atoms with E-state index in [0.29, 0.717) is 12.2 Å². The van der Waals surface area contributed by atoms with E-state index in [4.69, 9.17) is 11.6 Å². The van der Waals surface area contributed by atoms with Gasteiger partial charge in [-0.2, -0.15) is 0 Å². The lowest BCUT2D eigenvalue weighted by molar-refractivity contribution is -0.384. The Morgan fingerprint density at radius 1 is 1.45 bits per heavy atom. The largest absolute Gasteiger partial charge is 0.364 e. The summed E-state index contributed by atoms with van der Waals surface area (Å²) in [7, 11) is 1.84. The Balaban J connectivity index is 2.28. The lowest BCUT2D eigenvalue weighted by atomic mass is 10.2. The first-order valence-electron chi connectivity index (χ1n) is 5.78. The van der Waals surface area contributed by atoms with Crippen LogP contribution in [-0.2, 0) is 12.4 Å². The molecule has 1 aromatic carbocycles. The lowest BCUT2D eigenvalue weighted by Crippen LogP contribution is -2.17. The minimum Gasteiger partial charge on any atom is -0.364 e. The van der Waals surface area contributed by atoms with Crippen molar-refractivity contribution >= 4 is 50.2 Å². The number of rotatable bonds is 5. The molecule has 0 fully saturated rings. The number of halogens is 2. The Labute approximate surface area is 134 Å². The summed E-state index contributed by atoms with van der Waals surface area (Å²) in [6.45, 7) is 0.622. The van der Waals surface area contributed by atoms with Crippen LogP contribution >= 0.6 is 38.9 Å². The lowest BCUT2D eigenvalue weighted by Gasteiger charge is -2.18. The normalized spacial score (nSPS) is 10.6. The average molecular weight is 376 g/mol. The van der Waals surface area contributed by atoms with E-state index in [0.717, 1.165) is 14.9 Å². The molecule has 0 spiro atoms. The van der Waals surface area contributed by atoms with Crippen LogP contribution in [0.4, 0.5) is 11.4 Å². The van der Waals surface area contributed by atoms with E-state index in [-0.39, 0.29) is 16.5 Å². The molecule has 0 aliphatic heterocycles. The van der Waals surface area contributed by atoms with Gasteiger partial charge in [-0.25, -0.2) is 0 Å². The molecule has 4 nitrogen and oxygen atoms in total. The van der Waals surface area contributed by atoms with Crippen molar-refractivity contribution in [2.24, 2.45) is 0 Å². The first-order valence-corrected chi connectivity index (χ1v) is 7.99. The number of thiophene rings is 1. The number of hydrogen-bond acceptors (Lipinski definition) is 4. The van der Waals surface area contributed by atoms with Gasteiger partial charge in [-0.1, -0.05) is 6.07 Å². The van der Waals surface area contributed by atoms with Crippen molar-refractivity contribution in [1.29, 1.82) is 0 Å². The molecule has 0 saturated carbocycles. The first-order chi connectivity index (χ1) is 9.51. The molecule has 0 bridgehead atoms. The van der Waals surface area contributed by atoms with Gasteiger partial charge in [0.15, 0.2) is 0 Å². The SMILES string of the molecule is CN(Cc1cc(Br)cs1)c1ccc(CCl)cc1[N+](=O)[O-]. The smallest absolute Gasteiger partial charge is 0.292 e. The third-order valence-electron chi connectivity index (χ3n) is 2.82. The molecule has 2 rings (SSSR count). The van der Waals surface area contributed by atoms with Gasteiger partial charge in [-0.3, -0.25) is 10.1 Å². The molecule has 0 saturated heterocycles. The summed E-state index contributed by atoms with van der Waals surface area (Å²) in [5.74, 6) is 0.267. The van der Waals surface area contributed by atoms with Crippen molar-refractivity contribution in [2.45, 2.75) is 12.4 Å². The maximum Gasteiger partial charge on any atom is 0.292 e. The molecule has 2 aromatic rings. The van der Waals surface area contributed by atoms with E-state index in [1.165, 1.54) is 6.07 Å². The molecule has 0 N–H and O–H groups in total. The molecule has 0 atom stereocenters. The van der Waals surface area contributed by atoms with Crippen molar-refractivity contribution in [3.8, 4) is 0 Å². The summed E-state index contributed by atoms with van der Waals surface area (Å²) < 4.78 is 1.03. The molecular formula is C13H12BrClN2O2S. The minimum atomic E-state index is -0.369. The predicted octanol–water partition coefficient (Wildman–Crippen LogP) is 4.79. The van der Waals surface area contributed by atoms with Gasteiger partial charge in [0.25, 0.3) is 5.69 Å². The fraction of sp³-hybridized carbons (Fsp3) is 0.231. The van der Waals surface area contributed by atoms with Gasteiger partial charge < -0.3 is 4.90 Å². The third-order valence-corrected chi connectivity index (χ3v) is 4.81. The van der Waals surface area contributed by atoms with E-state index in [2.05, 4.69) is 15.9 Å². The summed E-state index contributed by atoms with van der Waals surface area (Å²) in [5.41, 5.74) is 1.42. The van der Waals surface area contributed by atoms with Crippen molar-refractivity contribution in [2.75, 3.05) is 11.9 Å². The van der Waals surface area contributed by atoms with Gasteiger partial charge in [0.1, 0.15) is 5.69 Å². The van der Waals surface area contributed by atoms with Crippen LogP contribution in [0.15, 0.2) is 34.1 Å². The van der Waals surface area contributed by atoms with Gasteiger partial charge in [-0.15, -0.1) is 22.9 Å². The molecule has 0 unspecified atom stereocenters. The standard InChI is InChI=1S/C13H12BrClN2O2S/c1-16(7-11-5-10(14)8-20-11)12-3-2-9(6-15)4-13(12)17(18)19/h2-5,8H,6-7H2,1H3. The van der Waals surface area contributed by atoms with Crippen LogP contribution in [0, 0.1) is 10.1 Å². The van der Waals surface area contributed by atoms with Crippen LogP contribution in [0.2, 0.25) is 0 Å². The maximum absolute atomic E-state index is 11.2. The molecule has 7 heteroatoms. The van der Waals surface area contributed by atoms with Crippen LogP contribution in [-0.4, -0.2) is 12.0 Å². The molecule has 0 radical (unpaired) electrons. The Hall–Kier alpha value is -1.11. The van der Waals surface area contributed by atoms with Crippen molar-refractivity contribution in [1.82, 2.24) is 0 Å². The molecule has 0 aliphatic rings. The predicted molar refractivity (Wildman–Crippen MR) is 86.8 cm³/mol. The van der Waals surface area contributed by atoms with Gasteiger partial charge >= 0.3 is 0 Å². The third kappa shape index (κ3) is 3.50. The van der Waals surface area contributed by atoms with Crippen LogP contribution in [0.5, 0.6) is 0 Å². The van der Waals surface area contributed by atoms with E-state index in [1.807, 2.05) is 29.5 Å². The number of nitro benzene ring substituents is 1. The van der Waals surface area contributed by atoms with Gasteiger partial charge in [0, 0.05) is 33.7 Å². The first kappa shape index (κ1) is 15.3. The highest BCUT2D eigenvalue weighted by Crippen LogP contribution is 2.31. The summed E-state index contributed by atoms with van der Waals surface area (Å²) >= 11 is 10.7. The highest BCUT2D eigenvalue weighted by Gasteiger charge is 2.18.